The van der Waals surface area contributed by atoms with Crippen molar-refractivity contribution in [1.29, 1.82) is 5.26 Å². The Labute approximate surface area is 130 Å². The zero-order valence-electron chi connectivity index (χ0n) is 12.4. The molecule has 1 aromatic rings. The second-order valence-corrected chi connectivity index (χ2v) is 5.60. The summed E-state index contributed by atoms with van der Waals surface area (Å²) in [5.41, 5.74) is 2.47. The van der Waals surface area contributed by atoms with Crippen molar-refractivity contribution in [3.63, 3.8) is 0 Å². The summed E-state index contributed by atoms with van der Waals surface area (Å²) in [7, 11) is 0. The first kappa shape index (κ1) is 14.4. The fourth-order valence-corrected chi connectivity index (χ4v) is 3.06. The highest BCUT2D eigenvalue weighted by molar-refractivity contribution is 5.98. The number of likely N-dealkylation sites (tertiary alicyclic amines) is 1. The Morgan fingerprint density at radius 1 is 1.23 bits per heavy atom. The Hall–Kier alpha value is -2.54. The number of carbonyl (C=O) groups is 1. The van der Waals surface area contributed by atoms with Crippen molar-refractivity contribution >= 4 is 11.5 Å². The molecule has 1 atom stereocenters. The summed E-state index contributed by atoms with van der Waals surface area (Å²) in [6, 6.07) is 11.7. The molecule has 0 N–H and O–H groups in total. The lowest BCUT2D eigenvalue weighted by Crippen LogP contribution is -2.34. The second-order valence-electron chi connectivity index (χ2n) is 5.60. The molecule has 3 rings (SSSR count). The van der Waals surface area contributed by atoms with Gasteiger partial charge in [-0.15, -0.1) is 0 Å². The number of hydrogen-bond donors (Lipinski definition) is 0. The first-order chi connectivity index (χ1) is 10.7. The van der Waals surface area contributed by atoms with Crippen molar-refractivity contribution in [2.75, 3.05) is 13.1 Å². The first-order valence-electron chi connectivity index (χ1n) is 7.57. The van der Waals surface area contributed by atoms with Crippen molar-refractivity contribution in [1.82, 2.24) is 4.90 Å². The Morgan fingerprint density at radius 3 is 2.55 bits per heavy atom. The molecule has 0 bridgehead atoms. The van der Waals surface area contributed by atoms with E-state index in [2.05, 4.69) is 11.5 Å². The highest BCUT2D eigenvalue weighted by Gasteiger charge is 2.39. The summed E-state index contributed by atoms with van der Waals surface area (Å²) in [5.74, 6) is -0.537. The molecular weight excluding hydrogens is 276 g/mol. The number of nitrogens with zero attached hydrogens (tertiary/aromatic N) is 2. The van der Waals surface area contributed by atoms with Crippen molar-refractivity contribution in [3.8, 4) is 6.07 Å². The van der Waals surface area contributed by atoms with Crippen molar-refractivity contribution < 1.29 is 9.53 Å². The molecule has 4 heteroatoms. The second kappa shape index (κ2) is 6.07. The molecule has 0 amide bonds. The van der Waals surface area contributed by atoms with Crippen LogP contribution in [0.5, 0.6) is 0 Å². The normalized spacial score (nSPS) is 21.5. The number of carbonyl (C=O) groups excluding carboxylic acids is 1. The van der Waals surface area contributed by atoms with E-state index in [4.69, 9.17) is 4.74 Å². The third-order valence-electron chi connectivity index (χ3n) is 4.20. The molecule has 1 saturated heterocycles. The van der Waals surface area contributed by atoms with E-state index in [1.54, 1.807) is 0 Å². The third-order valence-corrected chi connectivity index (χ3v) is 4.20. The molecule has 0 spiro atoms. The highest BCUT2D eigenvalue weighted by Crippen LogP contribution is 2.35. The lowest BCUT2D eigenvalue weighted by Gasteiger charge is -2.32. The molecular formula is C18H18N2O2. The Bertz CT molecular complexity index is 664. The van der Waals surface area contributed by atoms with Crippen LogP contribution in [0.4, 0.5) is 0 Å². The van der Waals surface area contributed by atoms with Crippen molar-refractivity contribution in [3.05, 3.63) is 53.7 Å². The van der Waals surface area contributed by atoms with Gasteiger partial charge >= 0.3 is 5.97 Å². The maximum Gasteiger partial charge on any atom is 0.351 e. The van der Waals surface area contributed by atoms with Gasteiger partial charge in [-0.1, -0.05) is 36.9 Å². The molecule has 2 aliphatic heterocycles. The van der Waals surface area contributed by atoms with Gasteiger partial charge in [0.2, 0.25) is 0 Å². The quantitative estimate of drug-likeness (QED) is 0.804. The average molecular weight is 294 g/mol. The zero-order chi connectivity index (χ0) is 15.5. The summed E-state index contributed by atoms with van der Waals surface area (Å²) in [6.07, 6.45) is 2.77. The Kier molecular flexibility index (Phi) is 3.97. The van der Waals surface area contributed by atoms with Gasteiger partial charge in [0.1, 0.15) is 6.07 Å². The standard InChI is InChI=1S/C18H18N2O2/c1-13(14-8-4-2-5-9-14)17-16(15(12-19)18(21)22-17)20-10-6-3-7-11-20/h2,4-5,8-9,17H,1,3,6-7,10-11H2. The van der Waals surface area contributed by atoms with Crippen LogP contribution in [0.15, 0.2) is 48.2 Å². The minimum absolute atomic E-state index is 0.129. The van der Waals surface area contributed by atoms with Gasteiger partial charge in [0.15, 0.2) is 11.7 Å². The third kappa shape index (κ3) is 2.50. The molecule has 22 heavy (non-hydrogen) atoms. The maximum absolute atomic E-state index is 12.0. The number of nitriles is 1. The average Bonchev–Trinajstić information content (AvgIpc) is 2.92. The molecule has 0 saturated carbocycles. The monoisotopic (exact) mass is 294 g/mol. The molecule has 4 nitrogen and oxygen atoms in total. The Morgan fingerprint density at radius 2 is 1.91 bits per heavy atom. The first-order valence-corrected chi connectivity index (χ1v) is 7.57. The number of esters is 1. The largest absolute Gasteiger partial charge is 0.447 e. The highest BCUT2D eigenvalue weighted by atomic mass is 16.5. The van der Waals surface area contributed by atoms with E-state index in [-0.39, 0.29) is 5.57 Å². The molecule has 2 aliphatic rings. The summed E-state index contributed by atoms with van der Waals surface area (Å²) >= 11 is 0. The van der Waals surface area contributed by atoms with Crippen LogP contribution in [0.25, 0.3) is 5.57 Å². The summed E-state index contributed by atoms with van der Waals surface area (Å²) in [4.78, 5) is 14.2. The van der Waals surface area contributed by atoms with E-state index in [1.807, 2.05) is 36.4 Å². The lowest BCUT2D eigenvalue weighted by molar-refractivity contribution is -0.137. The minimum Gasteiger partial charge on any atom is -0.447 e. The van der Waals surface area contributed by atoms with Crippen LogP contribution in [-0.4, -0.2) is 30.1 Å². The number of ether oxygens (including phenoxy) is 1. The topological polar surface area (TPSA) is 53.3 Å². The molecule has 0 aromatic heterocycles. The molecule has 1 aromatic carbocycles. The SMILES string of the molecule is C=C(c1ccccc1)C1OC(=O)C(C#N)=C1N1CCCCC1. The fourth-order valence-electron chi connectivity index (χ4n) is 3.06. The molecule has 112 valence electrons. The van der Waals surface area contributed by atoms with Crippen molar-refractivity contribution in [2.45, 2.75) is 25.4 Å². The van der Waals surface area contributed by atoms with Gasteiger partial charge in [0.05, 0.1) is 5.70 Å². The van der Waals surface area contributed by atoms with Crippen LogP contribution < -0.4 is 0 Å². The van der Waals surface area contributed by atoms with Gasteiger partial charge in [-0.25, -0.2) is 4.79 Å². The van der Waals surface area contributed by atoms with E-state index in [9.17, 15) is 10.1 Å². The van der Waals surface area contributed by atoms with E-state index in [1.165, 1.54) is 6.42 Å². The van der Waals surface area contributed by atoms with Gasteiger partial charge < -0.3 is 9.64 Å². The maximum atomic E-state index is 12.0. The van der Waals surface area contributed by atoms with Crippen LogP contribution in [0.1, 0.15) is 24.8 Å². The zero-order valence-corrected chi connectivity index (χ0v) is 12.4. The number of piperidine rings is 1. The van der Waals surface area contributed by atoms with E-state index in [0.29, 0.717) is 5.70 Å². The van der Waals surface area contributed by atoms with Gasteiger partial charge in [-0.05, 0) is 30.4 Å². The van der Waals surface area contributed by atoms with Crippen LogP contribution >= 0.6 is 0 Å². The predicted octanol–water partition coefficient (Wildman–Crippen LogP) is 2.89. The Balaban J connectivity index is 1.96. The van der Waals surface area contributed by atoms with Crippen LogP contribution in [-0.2, 0) is 9.53 Å². The van der Waals surface area contributed by atoms with Crippen LogP contribution in [0.2, 0.25) is 0 Å². The molecule has 2 heterocycles. The number of rotatable bonds is 3. The van der Waals surface area contributed by atoms with Gasteiger partial charge in [0.25, 0.3) is 0 Å². The van der Waals surface area contributed by atoms with Crippen LogP contribution in [0.3, 0.4) is 0 Å². The summed E-state index contributed by atoms with van der Waals surface area (Å²) in [6.45, 7) is 5.82. The minimum atomic E-state index is -0.553. The van der Waals surface area contributed by atoms with E-state index in [0.717, 1.165) is 37.1 Å². The number of cyclic esters (lactones) is 1. The van der Waals surface area contributed by atoms with E-state index >= 15 is 0 Å². The smallest absolute Gasteiger partial charge is 0.351 e. The number of hydrogen-bond acceptors (Lipinski definition) is 4. The summed E-state index contributed by atoms with van der Waals surface area (Å²) < 4.78 is 5.47. The van der Waals surface area contributed by atoms with Gasteiger partial charge in [0, 0.05) is 13.1 Å². The van der Waals surface area contributed by atoms with Gasteiger partial charge in [-0.2, -0.15) is 5.26 Å². The molecule has 1 unspecified atom stereocenters. The number of benzene rings is 1. The molecule has 1 fully saturated rings. The lowest BCUT2D eigenvalue weighted by atomic mass is 9.97. The summed E-state index contributed by atoms with van der Waals surface area (Å²) in [5, 5.41) is 9.34. The fraction of sp³-hybridized carbons (Fsp3) is 0.333. The molecule has 0 aliphatic carbocycles. The molecule has 0 radical (unpaired) electrons. The predicted molar refractivity (Wildman–Crippen MR) is 83.4 cm³/mol. The van der Waals surface area contributed by atoms with Crippen molar-refractivity contribution in [2.24, 2.45) is 0 Å². The van der Waals surface area contributed by atoms with E-state index < -0.39 is 12.1 Å². The van der Waals surface area contributed by atoms with Crippen LogP contribution in [0, 0.1) is 11.3 Å². The van der Waals surface area contributed by atoms with Gasteiger partial charge in [-0.3, -0.25) is 0 Å².